The molecule has 2 heterocycles. The normalized spacial score (nSPS) is 24.3. The molecule has 0 aromatic heterocycles. The molecule has 3 rings (SSSR count). The van der Waals surface area contributed by atoms with Crippen LogP contribution in [0, 0.1) is 0 Å². The van der Waals surface area contributed by atoms with Gasteiger partial charge in [0.15, 0.2) is 0 Å². The first kappa shape index (κ1) is 19.9. The summed E-state index contributed by atoms with van der Waals surface area (Å²) in [4.78, 5) is 16.8. The molecule has 0 aliphatic carbocycles. The van der Waals surface area contributed by atoms with Gasteiger partial charge in [-0.25, -0.2) is 0 Å². The minimum absolute atomic E-state index is 0.0455. The summed E-state index contributed by atoms with van der Waals surface area (Å²) in [6, 6.07) is 9.73. The fourth-order valence-corrected chi connectivity index (χ4v) is 3.55. The van der Waals surface area contributed by atoms with Gasteiger partial charge in [0.1, 0.15) is 18.0 Å². The Hall–Kier alpha value is -1.89. The monoisotopic (exact) mass is 374 g/mol. The van der Waals surface area contributed by atoms with Crippen molar-refractivity contribution in [3.63, 3.8) is 0 Å². The zero-order valence-corrected chi connectivity index (χ0v) is 16.1. The Kier molecular flexibility index (Phi) is 7.26. The van der Waals surface area contributed by atoms with Gasteiger partial charge in [-0.3, -0.25) is 9.69 Å². The summed E-state index contributed by atoms with van der Waals surface area (Å²) in [7, 11) is 1.70. The molecule has 148 valence electrons. The predicted molar refractivity (Wildman–Crippen MR) is 104 cm³/mol. The largest absolute Gasteiger partial charge is 0.491 e. The number of methoxy groups -OCH3 is 1. The number of amides is 1. The summed E-state index contributed by atoms with van der Waals surface area (Å²) < 4.78 is 17.1. The molecule has 0 unspecified atom stereocenters. The highest BCUT2D eigenvalue weighted by Gasteiger charge is 2.37. The van der Waals surface area contributed by atoms with Gasteiger partial charge in [0.25, 0.3) is 0 Å². The smallest absolute Gasteiger partial charge is 0.246 e. The molecule has 2 aliphatic rings. The average molecular weight is 374 g/mol. The van der Waals surface area contributed by atoms with E-state index in [1.807, 2.05) is 41.3 Å². The fourth-order valence-electron chi connectivity index (χ4n) is 3.55. The van der Waals surface area contributed by atoms with E-state index in [4.69, 9.17) is 14.2 Å². The van der Waals surface area contributed by atoms with Crippen molar-refractivity contribution in [1.29, 1.82) is 0 Å². The van der Waals surface area contributed by atoms with Crippen molar-refractivity contribution in [3.8, 4) is 5.75 Å². The molecule has 0 radical (unpaired) electrons. The number of hydrogen-bond donors (Lipinski definition) is 0. The third-order valence-electron chi connectivity index (χ3n) is 5.26. The average Bonchev–Trinajstić information content (AvgIpc) is 2.74. The van der Waals surface area contributed by atoms with Crippen molar-refractivity contribution < 1.29 is 19.0 Å². The van der Waals surface area contributed by atoms with Gasteiger partial charge in [0.2, 0.25) is 5.91 Å². The van der Waals surface area contributed by atoms with Crippen LogP contribution in [0.3, 0.4) is 0 Å². The number of hydrogen-bond acceptors (Lipinski definition) is 5. The second-order valence-corrected chi connectivity index (χ2v) is 7.17. The molecule has 1 amide bonds. The third kappa shape index (κ3) is 5.79. The molecule has 6 nitrogen and oxygen atoms in total. The molecule has 1 aromatic rings. The highest BCUT2D eigenvalue weighted by Crippen LogP contribution is 2.26. The summed E-state index contributed by atoms with van der Waals surface area (Å²) in [5.41, 5.74) is -0.457. The van der Waals surface area contributed by atoms with Crippen molar-refractivity contribution >= 4 is 5.91 Å². The molecular formula is C21H30N2O4. The summed E-state index contributed by atoms with van der Waals surface area (Å²) >= 11 is 0. The van der Waals surface area contributed by atoms with E-state index in [1.54, 1.807) is 13.2 Å². The van der Waals surface area contributed by atoms with Crippen molar-refractivity contribution in [2.45, 2.75) is 18.4 Å². The number of para-hydroxylation sites is 1. The van der Waals surface area contributed by atoms with Gasteiger partial charge in [-0.05, 0) is 25.0 Å². The van der Waals surface area contributed by atoms with Crippen LogP contribution in [-0.2, 0) is 14.3 Å². The Balaban J connectivity index is 1.52. The first-order valence-corrected chi connectivity index (χ1v) is 9.69. The Labute approximate surface area is 161 Å². The minimum atomic E-state index is -0.457. The number of piperidine rings is 1. The molecule has 0 bridgehead atoms. The van der Waals surface area contributed by atoms with Gasteiger partial charge in [0, 0.05) is 39.4 Å². The quantitative estimate of drug-likeness (QED) is 0.683. The number of rotatable bonds is 7. The van der Waals surface area contributed by atoms with E-state index in [0.29, 0.717) is 13.2 Å². The van der Waals surface area contributed by atoms with Crippen LogP contribution in [0.2, 0.25) is 0 Å². The van der Waals surface area contributed by atoms with E-state index in [1.165, 1.54) is 0 Å². The van der Waals surface area contributed by atoms with Crippen LogP contribution in [0.15, 0.2) is 42.5 Å². The summed E-state index contributed by atoms with van der Waals surface area (Å²) in [6.07, 6.45) is 5.45. The number of carbonyl (C=O) groups is 1. The number of carbonyl (C=O) groups excluding carboxylic acids is 1. The van der Waals surface area contributed by atoms with Crippen LogP contribution in [0.4, 0.5) is 0 Å². The maximum absolute atomic E-state index is 12.6. The summed E-state index contributed by atoms with van der Waals surface area (Å²) in [5.74, 6) is 0.867. The van der Waals surface area contributed by atoms with Crippen LogP contribution in [0.1, 0.15) is 12.8 Å². The zero-order valence-electron chi connectivity index (χ0n) is 16.1. The van der Waals surface area contributed by atoms with E-state index in [-0.39, 0.29) is 5.91 Å². The molecule has 1 atom stereocenters. The van der Waals surface area contributed by atoms with Crippen molar-refractivity contribution in [1.82, 2.24) is 9.80 Å². The van der Waals surface area contributed by atoms with Crippen LogP contribution in [0.5, 0.6) is 5.75 Å². The highest BCUT2D eigenvalue weighted by molar-refractivity contribution is 5.87. The number of nitrogens with zero attached hydrogens (tertiary/aromatic N) is 2. The summed E-state index contributed by atoms with van der Waals surface area (Å²) in [6.45, 7) is 5.92. The van der Waals surface area contributed by atoms with E-state index in [0.717, 1.165) is 58.0 Å². The van der Waals surface area contributed by atoms with Gasteiger partial charge in [0.05, 0.1) is 19.8 Å². The van der Waals surface area contributed by atoms with Gasteiger partial charge in [-0.2, -0.15) is 0 Å². The molecule has 6 heteroatoms. The number of benzene rings is 1. The maximum atomic E-state index is 12.6. The molecule has 27 heavy (non-hydrogen) atoms. The Bertz CT molecular complexity index is 616. The Morgan fingerprint density at radius 1 is 1.22 bits per heavy atom. The van der Waals surface area contributed by atoms with E-state index in [2.05, 4.69) is 4.90 Å². The molecule has 0 saturated carbocycles. The minimum Gasteiger partial charge on any atom is -0.491 e. The molecule has 2 saturated heterocycles. The van der Waals surface area contributed by atoms with E-state index < -0.39 is 5.60 Å². The van der Waals surface area contributed by atoms with Gasteiger partial charge < -0.3 is 19.1 Å². The first-order valence-electron chi connectivity index (χ1n) is 9.69. The van der Waals surface area contributed by atoms with Gasteiger partial charge >= 0.3 is 0 Å². The van der Waals surface area contributed by atoms with Crippen molar-refractivity contribution in [3.05, 3.63) is 42.5 Å². The Morgan fingerprint density at radius 3 is 2.74 bits per heavy atom. The van der Waals surface area contributed by atoms with Crippen LogP contribution in [0.25, 0.3) is 0 Å². The summed E-state index contributed by atoms with van der Waals surface area (Å²) in [5, 5.41) is 0. The molecule has 0 spiro atoms. The predicted octanol–water partition coefficient (Wildman–Crippen LogP) is 1.96. The fraction of sp³-hybridized carbons (Fsp3) is 0.571. The second-order valence-electron chi connectivity index (χ2n) is 7.17. The van der Waals surface area contributed by atoms with Crippen LogP contribution in [-0.4, -0.2) is 81.0 Å². The second kappa shape index (κ2) is 9.88. The van der Waals surface area contributed by atoms with Crippen molar-refractivity contribution in [2.75, 3.05) is 59.7 Å². The van der Waals surface area contributed by atoms with E-state index >= 15 is 0 Å². The molecule has 2 fully saturated rings. The lowest BCUT2D eigenvalue weighted by Gasteiger charge is -2.41. The number of morpholine rings is 1. The lowest BCUT2D eigenvalue weighted by molar-refractivity contribution is -0.138. The molecule has 1 aromatic carbocycles. The molecule has 0 N–H and O–H groups in total. The van der Waals surface area contributed by atoms with Gasteiger partial charge in [-0.1, -0.05) is 24.3 Å². The third-order valence-corrected chi connectivity index (χ3v) is 5.26. The first-order chi connectivity index (χ1) is 13.2. The van der Waals surface area contributed by atoms with Gasteiger partial charge in [-0.15, -0.1) is 0 Å². The highest BCUT2D eigenvalue weighted by atomic mass is 16.5. The Morgan fingerprint density at radius 2 is 2.00 bits per heavy atom. The molecular weight excluding hydrogens is 344 g/mol. The topological polar surface area (TPSA) is 51.2 Å². The molecule has 2 aliphatic heterocycles. The van der Waals surface area contributed by atoms with Crippen molar-refractivity contribution in [2.24, 2.45) is 0 Å². The number of ether oxygens (including phenoxy) is 3. The standard InChI is InChI=1S/C21H30N2O4/c1-25-21(18-27-19-7-3-2-4-8-19)10-6-12-23(17-21)20(24)9-5-11-22-13-15-26-16-14-22/h2-5,7-9H,6,10-18H2,1H3/b9-5+/t21-/m1/s1. The zero-order chi connectivity index (χ0) is 19.0. The lowest BCUT2D eigenvalue weighted by Crippen LogP contribution is -2.54. The number of likely N-dealkylation sites (tertiary alicyclic amines) is 1. The van der Waals surface area contributed by atoms with E-state index in [9.17, 15) is 4.79 Å². The van der Waals surface area contributed by atoms with Crippen LogP contribution < -0.4 is 4.74 Å². The maximum Gasteiger partial charge on any atom is 0.246 e. The SMILES string of the molecule is CO[C@]1(COc2ccccc2)CCCN(C(=O)/C=C/CN2CCOCC2)C1. The van der Waals surface area contributed by atoms with Crippen LogP contribution >= 0.6 is 0 Å². The lowest BCUT2D eigenvalue weighted by atomic mass is 9.93.